The van der Waals surface area contributed by atoms with Crippen molar-refractivity contribution < 1.29 is 24.1 Å². The van der Waals surface area contributed by atoms with Crippen LogP contribution in [0.1, 0.15) is 41.6 Å². The molecule has 1 aliphatic heterocycles. The number of nitrogens with zero attached hydrogens (tertiary/aromatic N) is 2. The quantitative estimate of drug-likeness (QED) is 0.113. The van der Waals surface area contributed by atoms with Crippen molar-refractivity contribution in [3.8, 4) is 11.1 Å². The van der Waals surface area contributed by atoms with Gasteiger partial charge in [-0.25, -0.2) is 14.8 Å². The molecular formula is C34H35N3O5S. The minimum atomic E-state index is -0.577. The smallest absolute Gasteiger partial charge is 0.407 e. The Bertz CT molecular complexity index is 1480. The zero-order valence-electron chi connectivity index (χ0n) is 24.0. The number of hydrogen-bond donors (Lipinski definition) is 2. The van der Waals surface area contributed by atoms with Crippen LogP contribution in [-0.4, -0.2) is 39.6 Å². The summed E-state index contributed by atoms with van der Waals surface area (Å²) in [7, 11) is 0. The molecule has 4 aromatic rings. The van der Waals surface area contributed by atoms with Crippen LogP contribution in [0, 0.1) is 5.92 Å². The molecule has 0 aliphatic carbocycles. The maximum Gasteiger partial charge on any atom is 0.407 e. The third-order valence-corrected chi connectivity index (χ3v) is 8.27. The maximum atomic E-state index is 12.0. The molecule has 4 atom stereocenters. The molecule has 43 heavy (non-hydrogen) atoms. The molecule has 1 saturated heterocycles. The fourth-order valence-electron chi connectivity index (χ4n) is 4.96. The SMILES string of the molecule is C=CCOC(=O)NCc1ccccc1-c1ccc([C@@H]2O[C@H](CSc3ncccn3)[C@H](C)[C@H](c3ccc(CO)cc3)O2)cc1. The molecule has 0 unspecified atom stereocenters. The normalized spacial score (nSPS) is 19.9. The Morgan fingerprint density at radius 2 is 1.72 bits per heavy atom. The number of carbonyl (C=O) groups is 1. The molecule has 0 bridgehead atoms. The molecule has 5 rings (SSSR count). The van der Waals surface area contributed by atoms with Gasteiger partial charge in [0.15, 0.2) is 11.4 Å². The number of hydrogen-bond acceptors (Lipinski definition) is 8. The van der Waals surface area contributed by atoms with Crippen LogP contribution < -0.4 is 5.32 Å². The average molecular weight is 598 g/mol. The lowest BCUT2D eigenvalue weighted by atomic mass is 9.91. The second-order valence-corrected chi connectivity index (χ2v) is 11.2. The van der Waals surface area contributed by atoms with Gasteiger partial charge >= 0.3 is 6.09 Å². The molecule has 2 N–H and O–H groups in total. The Morgan fingerprint density at radius 3 is 2.44 bits per heavy atom. The number of aliphatic hydroxyl groups is 1. The molecular weight excluding hydrogens is 562 g/mol. The van der Waals surface area contributed by atoms with E-state index in [2.05, 4.69) is 28.8 Å². The number of aromatic nitrogens is 2. The number of thioether (sulfide) groups is 1. The average Bonchev–Trinajstić information content (AvgIpc) is 3.06. The minimum absolute atomic E-state index is 0.00558. The van der Waals surface area contributed by atoms with E-state index in [1.807, 2.05) is 72.8 Å². The molecule has 0 radical (unpaired) electrons. The van der Waals surface area contributed by atoms with Crippen molar-refractivity contribution in [1.29, 1.82) is 0 Å². The van der Waals surface area contributed by atoms with Crippen LogP contribution >= 0.6 is 11.8 Å². The molecule has 1 fully saturated rings. The van der Waals surface area contributed by atoms with Crippen molar-refractivity contribution in [3.05, 3.63) is 126 Å². The molecule has 1 aromatic heterocycles. The number of benzene rings is 3. The van der Waals surface area contributed by atoms with Crippen LogP contribution in [0.4, 0.5) is 4.79 Å². The largest absolute Gasteiger partial charge is 0.445 e. The molecule has 1 aliphatic rings. The molecule has 222 valence electrons. The summed E-state index contributed by atoms with van der Waals surface area (Å²) in [5.74, 6) is 0.730. The van der Waals surface area contributed by atoms with Crippen LogP contribution in [0.5, 0.6) is 0 Å². The Kier molecular flexibility index (Phi) is 10.6. The highest BCUT2D eigenvalue weighted by molar-refractivity contribution is 7.99. The van der Waals surface area contributed by atoms with Crippen LogP contribution in [0.2, 0.25) is 0 Å². The highest BCUT2D eigenvalue weighted by atomic mass is 32.2. The van der Waals surface area contributed by atoms with Gasteiger partial charge in [0.2, 0.25) is 0 Å². The van der Waals surface area contributed by atoms with Crippen molar-refractivity contribution in [2.75, 3.05) is 12.4 Å². The van der Waals surface area contributed by atoms with E-state index in [4.69, 9.17) is 14.2 Å². The van der Waals surface area contributed by atoms with Gasteiger partial charge in [0.05, 0.1) is 18.8 Å². The number of alkyl carbamates (subject to hydrolysis) is 1. The Balaban J connectivity index is 1.35. The Morgan fingerprint density at radius 1 is 1.00 bits per heavy atom. The lowest BCUT2D eigenvalue weighted by Crippen LogP contribution is -2.38. The van der Waals surface area contributed by atoms with Gasteiger partial charge in [0.1, 0.15) is 6.61 Å². The summed E-state index contributed by atoms with van der Waals surface area (Å²) in [5, 5.41) is 13.0. The second kappa shape index (κ2) is 14.9. The number of amides is 1. The minimum Gasteiger partial charge on any atom is -0.445 e. The van der Waals surface area contributed by atoms with Crippen molar-refractivity contribution in [2.45, 2.75) is 43.7 Å². The van der Waals surface area contributed by atoms with Crippen LogP contribution in [-0.2, 0) is 27.4 Å². The molecule has 0 spiro atoms. The van der Waals surface area contributed by atoms with E-state index < -0.39 is 12.4 Å². The van der Waals surface area contributed by atoms with Crippen molar-refractivity contribution in [3.63, 3.8) is 0 Å². The summed E-state index contributed by atoms with van der Waals surface area (Å²) in [6.07, 6.45) is 3.61. The summed E-state index contributed by atoms with van der Waals surface area (Å²) in [6.45, 7) is 6.19. The third kappa shape index (κ3) is 7.88. The summed E-state index contributed by atoms with van der Waals surface area (Å²) in [5.41, 5.74) is 5.78. The standard InChI is InChI=1S/C34H35N3O5S/c1-3-19-40-34(39)37-20-28-7-4-5-8-29(28)25-13-15-27(16-14-25)32-41-30(22-43-33-35-17-6-18-36-33)23(2)31(42-32)26-11-9-24(21-38)10-12-26/h3-18,23,30-32,38H,1,19-22H2,2H3,(H,37,39)/t23-,30+,31+,32+/m0/s1. The first kappa shape index (κ1) is 30.4. The summed E-state index contributed by atoms with van der Waals surface area (Å²) >= 11 is 1.56. The van der Waals surface area contributed by atoms with Gasteiger partial charge in [-0.1, -0.05) is 104 Å². The Hall–Kier alpha value is -4.02. The van der Waals surface area contributed by atoms with E-state index in [9.17, 15) is 9.90 Å². The van der Waals surface area contributed by atoms with Crippen molar-refractivity contribution >= 4 is 17.9 Å². The number of carbonyl (C=O) groups excluding carboxylic acids is 1. The molecule has 3 aromatic carbocycles. The lowest BCUT2D eigenvalue weighted by molar-refractivity contribution is -0.268. The van der Waals surface area contributed by atoms with Crippen LogP contribution in [0.15, 0.2) is 109 Å². The highest BCUT2D eigenvalue weighted by Gasteiger charge is 2.38. The van der Waals surface area contributed by atoms with Gasteiger partial charge in [-0.05, 0) is 33.9 Å². The predicted octanol–water partition coefficient (Wildman–Crippen LogP) is 6.63. The third-order valence-electron chi connectivity index (χ3n) is 7.31. The number of rotatable bonds is 11. The van der Waals surface area contributed by atoms with E-state index in [0.717, 1.165) is 33.4 Å². The first-order valence-electron chi connectivity index (χ1n) is 14.2. The number of aliphatic hydroxyl groups excluding tert-OH is 1. The zero-order chi connectivity index (χ0) is 30.0. The molecule has 0 saturated carbocycles. The molecule has 1 amide bonds. The van der Waals surface area contributed by atoms with E-state index in [1.165, 1.54) is 6.08 Å². The topological polar surface area (TPSA) is 103 Å². The fourth-order valence-corrected chi connectivity index (χ4v) is 5.92. The monoisotopic (exact) mass is 597 g/mol. The first-order valence-corrected chi connectivity index (χ1v) is 15.1. The highest BCUT2D eigenvalue weighted by Crippen LogP contribution is 2.43. The van der Waals surface area contributed by atoms with E-state index in [1.54, 1.807) is 30.2 Å². The number of ether oxygens (including phenoxy) is 3. The van der Waals surface area contributed by atoms with E-state index >= 15 is 0 Å². The lowest BCUT2D eigenvalue weighted by Gasteiger charge is -2.41. The predicted molar refractivity (Wildman–Crippen MR) is 166 cm³/mol. The van der Waals surface area contributed by atoms with Crippen molar-refractivity contribution in [2.24, 2.45) is 5.92 Å². The number of nitrogens with one attached hydrogen (secondary N) is 1. The van der Waals surface area contributed by atoms with Crippen molar-refractivity contribution in [1.82, 2.24) is 15.3 Å². The first-order chi connectivity index (χ1) is 21.1. The summed E-state index contributed by atoms with van der Waals surface area (Å²) in [6, 6.07) is 25.8. The van der Waals surface area contributed by atoms with Crippen LogP contribution in [0.3, 0.4) is 0 Å². The maximum absolute atomic E-state index is 12.0. The molecule has 9 heteroatoms. The van der Waals surface area contributed by atoms with Crippen LogP contribution in [0.25, 0.3) is 11.1 Å². The molecule has 8 nitrogen and oxygen atoms in total. The Labute approximate surface area is 256 Å². The fraction of sp³-hybridized carbons (Fsp3) is 0.265. The van der Waals surface area contributed by atoms with E-state index in [0.29, 0.717) is 17.5 Å². The van der Waals surface area contributed by atoms with Gasteiger partial charge in [-0.15, -0.1) is 0 Å². The van der Waals surface area contributed by atoms with Gasteiger partial charge < -0.3 is 24.6 Å². The van der Waals surface area contributed by atoms with Gasteiger partial charge in [-0.2, -0.15) is 0 Å². The molecule has 2 heterocycles. The van der Waals surface area contributed by atoms with Gasteiger partial charge in [0.25, 0.3) is 0 Å². The zero-order valence-corrected chi connectivity index (χ0v) is 24.8. The van der Waals surface area contributed by atoms with Gasteiger partial charge in [-0.3, -0.25) is 0 Å². The summed E-state index contributed by atoms with van der Waals surface area (Å²) in [4.78, 5) is 20.7. The van der Waals surface area contributed by atoms with E-state index in [-0.39, 0.29) is 31.3 Å². The van der Waals surface area contributed by atoms with Gasteiger partial charge in [0, 0.05) is 36.2 Å². The summed E-state index contributed by atoms with van der Waals surface area (Å²) < 4.78 is 18.2. The second-order valence-electron chi connectivity index (χ2n) is 10.2.